The highest BCUT2D eigenvalue weighted by molar-refractivity contribution is 5.89. The van der Waals surface area contributed by atoms with E-state index in [2.05, 4.69) is 22.4 Å². The van der Waals surface area contributed by atoms with Crippen molar-refractivity contribution in [2.24, 2.45) is 0 Å². The van der Waals surface area contributed by atoms with E-state index in [0.29, 0.717) is 5.69 Å². The van der Waals surface area contributed by atoms with E-state index in [9.17, 15) is 4.79 Å². The van der Waals surface area contributed by atoms with Crippen molar-refractivity contribution in [3.8, 4) is 0 Å². The van der Waals surface area contributed by atoms with E-state index in [1.54, 1.807) is 7.05 Å². The summed E-state index contributed by atoms with van der Waals surface area (Å²) < 4.78 is 1.95. The van der Waals surface area contributed by atoms with Gasteiger partial charge < -0.3 is 15.6 Å². The molecular weight excluding hydrogens is 288 g/mol. The SMILES string of the molecule is CNC(=O)Cn1c(CCc2ccccc2)nc2c(N)cccc21. The number of carbonyl (C=O) groups excluding carboxylic acids is 1. The molecule has 0 fully saturated rings. The molecular formula is C18H20N4O. The van der Waals surface area contributed by atoms with Crippen molar-refractivity contribution in [3.63, 3.8) is 0 Å². The number of nitrogen functional groups attached to an aromatic ring is 1. The number of para-hydroxylation sites is 1. The van der Waals surface area contributed by atoms with E-state index >= 15 is 0 Å². The molecule has 3 N–H and O–H groups in total. The second-order valence-corrected chi connectivity index (χ2v) is 5.49. The lowest BCUT2D eigenvalue weighted by atomic mass is 10.1. The Morgan fingerprint density at radius 3 is 2.65 bits per heavy atom. The summed E-state index contributed by atoms with van der Waals surface area (Å²) in [6, 6.07) is 15.9. The summed E-state index contributed by atoms with van der Waals surface area (Å²) in [7, 11) is 1.64. The van der Waals surface area contributed by atoms with Gasteiger partial charge in [-0.2, -0.15) is 0 Å². The van der Waals surface area contributed by atoms with Crippen LogP contribution in [0.5, 0.6) is 0 Å². The van der Waals surface area contributed by atoms with Crippen molar-refractivity contribution in [1.82, 2.24) is 14.9 Å². The van der Waals surface area contributed by atoms with Crippen molar-refractivity contribution in [2.45, 2.75) is 19.4 Å². The minimum atomic E-state index is -0.0484. The van der Waals surface area contributed by atoms with Crippen LogP contribution < -0.4 is 11.1 Å². The van der Waals surface area contributed by atoms with Gasteiger partial charge in [-0.15, -0.1) is 0 Å². The van der Waals surface area contributed by atoms with Crippen LogP contribution in [-0.2, 0) is 24.2 Å². The molecule has 5 nitrogen and oxygen atoms in total. The quantitative estimate of drug-likeness (QED) is 0.709. The predicted molar refractivity (Wildman–Crippen MR) is 92.1 cm³/mol. The largest absolute Gasteiger partial charge is 0.397 e. The second-order valence-electron chi connectivity index (χ2n) is 5.49. The number of carbonyl (C=O) groups is 1. The van der Waals surface area contributed by atoms with Crippen LogP contribution in [-0.4, -0.2) is 22.5 Å². The van der Waals surface area contributed by atoms with E-state index in [0.717, 1.165) is 29.7 Å². The van der Waals surface area contributed by atoms with Crippen LogP contribution in [0.15, 0.2) is 48.5 Å². The molecule has 0 aliphatic rings. The Bertz CT molecular complexity index is 824. The number of amides is 1. The molecule has 118 valence electrons. The van der Waals surface area contributed by atoms with Crippen LogP contribution in [0.4, 0.5) is 5.69 Å². The molecule has 1 heterocycles. The Morgan fingerprint density at radius 2 is 1.91 bits per heavy atom. The molecule has 5 heteroatoms. The number of hydrogen-bond acceptors (Lipinski definition) is 3. The third kappa shape index (κ3) is 3.18. The zero-order valence-corrected chi connectivity index (χ0v) is 13.1. The lowest BCUT2D eigenvalue weighted by molar-refractivity contribution is -0.121. The number of nitrogens with one attached hydrogen (secondary N) is 1. The van der Waals surface area contributed by atoms with Gasteiger partial charge in [0.15, 0.2) is 0 Å². The third-order valence-electron chi connectivity index (χ3n) is 3.95. The van der Waals surface area contributed by atoms with Crippen LogP contribution in [0.2, 0.25) is 0 Å². The molecule has 2 aromatic carbocycles. The van der Waals surface area contributed by atoms with Crippen molar-refractivity contribution >= 4 is 22.6 Å². The van der Waals surface area contributed by atoms with Gasteiger partial charge in [-0.25, -0.2) is 4.98 Å². The third-order valence-corrected chi connectivity index (χ3v) is 3.95. The lowest BCUT2D eigenvalue weighted by Crippen LogP contribution is -2.24. The Morgan fingerprint density at radius 1 is 1.13 bits per heavy atom. The van der Waals surface area contributed by atoms with Crippen LogP contribution in [0.1, 0.15) is 11.4 Å². The number of imidazole rings is 1. The highest BCUT2D eigenvalue weighted by Gasteiger charge is 2.14. The summed E-state index contributed by atoms with van der Waals surface area (Å²) in [6.07, 6.45) is 1.63. The number of aromatic nitrogens is 2. The summed E-state index contributed by atoms with van der Waals surface area (Å²) >= 11 is 0. The molecule has 0 spiro atoms. The molecule has 0 aliphatic carbocycles. The molecule has 0 unspecified atom stereocenters. The van der Waals surface area contributed by atoms with Gasteiger partial charge in [-0.05, 0) is 24.1 Å². The Kier molecular flexibility index (Phi) is 4.28. The fourth-order valence-corrected chi connectivity index (χ4v) is 2.71. The number of hydrogen-bond donors (Lipinski definition) is 2. The van der Waals surface area contributed by atoms with Gasteiger partial charge in [-0.3, -0.25) is 4.79 Å². The first-order valence-electron chi connectivity index (χ1n) is 7.67. The first kappa shape index (κ1) is 15.1. The zero-order valence-electron chi connectivity index (χ0n) is 13.1. The summed E-state index contributed by atoms with van der Waals surface area (Å²) in [6.45, 7) is 0.251. The summed E-state index contributed by atoms with van der Waals surface area (Å²) in [5, 5.41) is 2.66. The normalized spacial score (nSPS) is 10.8. The lowest BCUT2D eigenvalue weighted by Gasteiger charge is -2.08. The molecule has 3 aromatic rings. The highest BCUT2D eigenvalue weighted by atomic mass is 16.1. The minimum absolute atomic E-state index is 0.0484. The Hall–Kier alpha value is -2.82. The Labute approximate surface area is 135 Å². The minimum Gasteiger partial charge on any atom is -0.397 e. The first-order chi connectivity index (χ1) is 11.2. The zero-order chi connectivity index (χ0) is 16.2. The molecule has 1 amide bonds. The molecule has 0 saturated carbocycles. The number of fused-ring (bicyclic) bond motifs is 1. The summed E-state index contributed by atoms with van der Waals surface area (Å²) in [5.74, 6) is 0.832. The van der Waals surface area contributed by atoms with Crippen molar-refractivity contribution in [3.05, 3.63) is 59.9 Å². The van der Waals surface area contributed by atoms with E-state index < -0.39 is 0 Å². The maximum Gasteiger partial charge on any atom is 0.239 e. The first-order valence-corrected chi connectivity index (χ1v) is 7.67. The van der Waals surface area contributed by atoms with Crippen LogP contribution >= 0.6 is 0 Å². The van der Waals surface area contributed by atoms with E-state index in [4.69, 9.17) is 5.73 Å². The van der Waals surface area contributed by atoms with E-state index in [1.165, 1.54) is 5.56 Å². The average molecular weight is 308 g/mol. The number of benzene rings is 2. The van der Waals surface area contributed by atoms with Crippen molar-refractivity contribution in [1.29, 1.82) is 0 Å². The van der Waals surface area contributed by atoms with E-state index in [-0.39, 0.29) is 12.5 Å². The fraction of sp³-hybridized carbons (Fsp3) is 0.222. The maximum atomic E-state index is 11.8. The van der Waals surface area contributed by atoms with Gasteiger partial charge >= 0.3 is 0 Å². The van der Waals surface area contributed by atoms with Gasteiger partial charge in [0.1, 0.15) is 17.9 Å². The van der Waals surface area contributed by atoms with Gasteiger partial charge in [0.2, 0.25) is 5.91 Å². The van der Waals surface area contributed by atoms with Gasteiger partial charge in [-0.1, -0.05) is 36.4 Å². The molecule has 0 aliphatic heterocycles. The van der Waals surface area contributed by atoms with E-state index in [1.807, 2.05) is 41.0 Å². The van der Waals surface area contributed by atoms with Gasteiger partial charge in [0.05, 0.1) is 11.2 Å². The smallest absolute Gasteiger partial charge is 0.239 e. The van der Waals surface area contributed by atoms with Crippen LogP contribution in [0.3, 0.4) is 0 Å². The molecule has 0 radical (unpaired) electrons. The predicted octanol–water partition coefficient (Wildman–Crippen LogP) is 2.15. The van der Waals surface area contributed by atoms with Crippen molar-refractivity contribution in [2.75, 3.05) is 12.8 Å². The molecule has 0 atom stereocenters. The highest BCUT2D eigenvalue weighted by Crippen LogP contribution is 2.22. The molecule has 0 saturated heterocycles. The average Bonchev–Trinajstić information content (AvgIpc) is 2.93. The molecule has 0 bridgehead atoms. The second kappa shape index (κ2) is 6.52. The topological polar surface area (TPSA) is 72.9 Å². The number of likely N-dealkylation sites (N-methyl/N-ethyl adjacent to an activating group) is 1. The number of anilines is 1. The monoisotopic (exact) mass is 308 g/mol. The molecule has 3 rings (SSSR count). The number of aryl methyl sites for hydroxylation is 2. The standard InChI is InChI=1S/C18H20N4O/c1-20-17(23)12-22-15-9-5-8-14(19)18(15)21-16(22)11-10-13-6-3-2-4-7-13/h2-9H,10-12,19H2,1H3,(H,20,23). The number of rotatable bonds is 5. The van der Waals surface area contributed by atoms with Crippen LogP contribution in [0, 0.1) is 0 Å². The summed E-state index contributed by atoms with van der Waals surface area (Å²) in [5.41, 5.74) is 9.58. The number of nitrogens with two attached hydrogens (primary N) is 1. The van der Waals surface area contributed by atoms with Crippen molar-refractivity contribution < 1.29 is 4.79 Å². The Balaban J connectivity index is 1.95. The summed E-state index contributed by atoms with van der Waals surface area (Å²) in [4.78, 5) is 16.5. The maximum absolute atomic E-state index is 11.8. The van der Waals surface area contributed by atoms with Gasteiger partial charge in [0.25, 0.3) is 0 Å². The number of nitrogens with zero attached hydrogens (tertiary/aromatic N) is 2. The van der Waals surface area contributed by atoms with Crippen LogP contribution in [0.25, 0.3) is 11.0 Å². The molecule has 23 heavy (non-hydrogen) atoms. The van der Waals surface area contributed by atoms with Gasteiger partial charge in [0, 0.05) is 13.5 Å². The molecule has 1 aromatic heterocycles. The fourth-order valence-electron chi connectivity index (χ4n) is 2.71.